The monoisotopic (exact) mass is 379 g/mol. The predicted molar refractivity (Wildman–Crippen MR) is 110 cm³/mol. The van der Waals surface area contributed by atoms with Crippen LogP contribution in [0.15, 0.2) is 55.0 Å². The maximum Gasteiger partial charge on any atom is 0.136 e. The molecule has 1 fully saturated rings. The average molecular weight is 379 g/mol. The lowest BCUT2D eigenvalue weighted by atomic mass is 9.96. The van der Waals surface area contributed by atoms with Crippen LogP contribution in [0, 0.1) is 11.7 Å². The van der Waals surface area contributed by atoms with Crippen LogP contribution in [0.2, 0.25) is 0 Å². The summed E-state index contributed by atoms with van der Waals surface area (Å²) in [6.45, 7) is 8.27. The summed E-state index contributed by atoms with van der Waals surface area (Å²) in [5, 5.41) is 7.08. The van der Waals surface area contributed by atoms with E-state index in [-0.39, 0.29) is 5.82 Å². The molecule has 1 unspecified atom stereocenters. The lowest BCUT2D eigenvalue weighted by molar-refractivity contribution is 0.146. The number of nitrogens with zero attached hydrogens (tertiary/aromatic N) is 4. The van der Waals surface area contributed by atoms with Gasteiger partial charge >= 0.3 is 0 Å². The van der Waals surface area contributed by atoms with Crippen LogP contribution < -0.4 is 4.90 Å². The fourth-order valence-electron chi connectivity index (χ4n) is 4.16. The predicted octanol–water partition coefficient (Wildman–Crippen LogP) is 4.13. The van der Waals surface area contributed by atoms with Crippen LogP contribution in [0.5, 0.6) is 0 Å². The van der Waals surface area contributed by atoms with Gasteiger partial charge in [-0.3, -0.25) is 10.00 Å². The molecule has 3 heterocycles. The van der Waals surface area contributed by atoms with Crippen LogP contribution in [0.1, 0.15) is 25.5 Å². The number of anilines is 1. The number of aromatic nitrogens is 3. The quantitative estimate of drug-likeness (QED) is 0.724. The third-order valence-electron chi connectivity index (χ3n) is 5.44. The highest BCUT2D eigenvalue weighted by Gasteiger charge is 2.29. The summed E-state index contributed by atoms with van der Waals surface area (Å²) in [6, 6.07) is 11.0. The zero-order chi connectivity index (χ0) is 19.5. The zero-order valence-corrected chi connectivity index (χ0v) is 16.3. The summed E-state index contributed by atoms with van der Waals surface area (Å²) in [6.07, 6.45) is 5.77. The van der Waals surface area contributed by atoms with E-state index < -0.39 is 0 Å². The first-order valence-corrected chi connectivity index (χ1v) is 9.82. The van der Waals surface area contributed by atoms with Crippen molar-refractivity contribution in [2.24, 2.45) is 5.92 Å². The molecular formula is C22H26FN5. The van der Waals surface area contributed by atoms with E-state index in [1.807, 2.05) is 36.8 Å². The number of hydrogen-bond acceptors (Lipinski definition) is 4. The second kappa shape index (κ2) is 8.10. The number of nitrogens with one attached hydrogen (secondary N) is 1. The highest BCUT2D eigenvalue weighted by molar-refractivity contribution is 5.75. The molecule has 2 aromatic heterocycles. The van der Waals surface area contributed by atoms with Gasteiger partial charge in [0.25, 0.3) is 0 Å². The van der Waals surface area contributed by atoms with Crippen molar-refractivity contribution in [3.05, 3.63) is 66.4 Å². The van der Waals surface area contributed by atoms with Crippen LogP contribution in [0.3, 0.4) is 0 Å². The minimum atomic E-state index is -0.221. The molecule has 4 rings (SSSR count). The van der Waals surface area contributed by atoms with Gasteiger partial charge in [0, 0.05) is 55.7 Å². The Hall–Kier alpha value is -2.73. The number of rotatable bonds is 5. The Labute approximate surface area is 165 Å². The van der Waals surface area contributed by atoms with Gasteiger partial charge in [-0.1, -0.05) is 26.0 Å². The molecule has 0 saturated carbocycles. The van der Waals surface area contributed by atoms with E-state index in [4.69, 9.17) is 0 Å². The average Bonchev–Trinajstić information content (AvgIpc) is 3.23. The van der Waals surface area contributed by atoms with Crippen molar-refractivity contribution in [1.82, 2.24) is 20.1 Å². The van der Waals surface area contributed by atoms with Crippen molar-refractivity contribution >= 4 is 5.82 Å². The standard InChI is InChI=1S/C22H26FN5/c1-16(2)21(18-14-25-26-15-18)27-10-12-28(13-11-27)22-20(4-3-9-24-22)17-5-7-19(23)8-6-17/h3-9,14-16,21H,10-13H2,1-2H3,(H,25,26). The first-order valence-electron chi connectivity index (χ1n) is 9.82. The summed E-state index contributed by atoms with van der Waals surface area (Å²) in [4.78, 5) is 9.52. The van der Waals surface area contributed by atoms with Crippen molar-refractivity contribution in [2.45, 2.75) is 19.9 Å². The minimum absolute atomic E-state index is 0.221. The number of H-pyrrole nitrogens is 1. The van der Waals surface area contributed by atoms with E-state index in [2.05, 4.69) is 44.9 Å². The molecule has 0 aliphatic carbocycles. The molecule has 28 heavy (non-hydrogen) atoms. The first kappa shape index (κ1) is 18.6. The molecule has 0 bridgehead atoms. The molecule has 5 nitrogen and oxygen atoms in total. The molecule has 1 N–H and O–H groups in total. The van der Waals surface area contributed by atoms with Gasteiger partial charge in [-0.25, -0.2) is 9.37 Å². The number of aromatic amines is 1. The summed E-state index contributed by atoms with van der Waals surface area (Å²) >= 11 is 0. The van der Waals surface area contributed by atoms with Crippen LogP contribution in [-0.2, 0) is 0 Å². The summed E-state index contributed by atoms with van der Waals surface area (Å²) in [5.41, 5.74) is 3.28. The highest BCUT2D eigenvalue weighted by Crippen LogP contribution is 2.32. The van der Waals surface area contributed by atoms with Gasteiger partial charge in [0.2, 0.25) is 0 Å². The fourth-order valence-corrected chi connectivity index (χ4v) is 4.16. The minimum Gasteiger partial charge on any atom is -0.354 e. The molecule has 1 aliphatic heterocycles. The molecule has 6 heteroatoms. The topological polar surface area (TPSA) is 48.1 Å². The van der Waals surface area contributed by atoms with Crippen molar-refractivity contribution < 1.29 is 4.39 Å². The third kappa shape index (κ3) is 3.78. The first-order chi connectivity index (χ1) is 13.6. The van der Waals surface area contributed by atoms with Crippen LogP contribution in [-0.4, -0.2) is 46.3 Å². The number of piperazine rings is 1. The molecule has 0 spiro atoms. The van der Waals surface area contributed by atoms with E-state index in [9.17, 15) is 4.39 Å². The van der Waals surface area contributed by atoms with Crippen LogP contribution in [0.25, 0.3) is 11.1 Å². The normalized spacial score (nSPS) is 16.5. The van der Waals surface area contributed by atoms with Crippen molar-refractivity contribution in [3.63, 3.8) is 0 Å². The third-order valence-corrected chi connectivity index (χ3v) is 5.44. The van der Waals surface area contributed by atoms with Gasteiger partial charge in [0.05, 0.1) is 6.20 Å². The lowest BCUT2D eigenvalue weighted by Gasteiger charge is -2.41. The second-order valence-electron chi connectivity index (χ2n) is 7.62. The van der Waals surface area contributed by atoms with Crippen molar-refractivity contribution in [3.8, 4) is 11.1 Å². The Kier molecular flexibility index (Phi) is 5.39. The fraction of sp³-hybridized carbons (Fsp3) is 0.364. The van der Waals surface area contributed by atoms with Gasteiger partial charge in [-0.05, 0) is 35.7 Å². The van der Waals surface area contributed by atoms with Gasteiger partial charge in [-0.15, -0.1) is 0 Å². The molecule has 3 aromatic rings. The SMILES string of the molecule is CC(C)C(c1cn[nH]c1)N1CCN(c2ncccc2-c2ccc(F)cc2)CC1. The maximum atomic E-state index is 13.3. The summed E-state index contributed by atoms with van der Waals surface area (Å²) in [7, 11) is 0. The summed E-state index contributed by atoms with van der Waals surface area (Å²) in [5.74, 6) is 1.26. The maximum absolute atomic E-state index is 13.3. The van der Waals surface area contributed by atoms with Gasteiger partial charge in [-0.2, -0.15) is 5.10 Å². The molecule has 0 radical (unpaired) electrons. The lowest BCUT2D eigenvalue weighted by Crippen LogP contribution is -2.49. The van der Waals surface area contributed by atoms with Crippen LogP contribution in [0.4, 0.5) is 10.2 Å². The number of hydrogen-bond donors (Lipinski definition) is 1. The zero-order valence-electron chi connectivity index (χ0n) is 16.3. The Bertz CT molecular complexity index is 884. The largest absolute Gasteiger partial charge is 0.354 e. The highest BCUT2D eigenvalue weighted by atomic mass is 19.1. The Morgan fingerprint density at radius 2 is 1.79 bits per heavy atom. The Balaban J connectivity index is 1.52. The molecular weight excluding hydrogens is 353 g/mol. The molecule has 1 atom stereocenters. The van der Waals surface area contributed by atoms with Gasteiger partial charge in [0.15, 0.2) is 0 Å². The number of halogens is 1. The van der Waals surface area contributed by atoms with Gasteiger partial charge < -0.3 is 4.90 Å². The van der Waals surface area contributed by atoms with Gasteiger partial charge in [0.1, 0.15) is 11.6 Å². The van der Waals surface area contributed by atoms with E-state index in [1.165, 1.54) is 17.7 Å². The number of benzene rings is 1. The van der Waals surface area contributed by atoms with E-state index in [0.29, 0.717) is 12.0 Å². The van der Waals surface area contributed by atoms with Crippen LogP contribution >= 0.6 is 0 Å². The number of pyridine rings is 1. The smallest absolute Gasteiger partial charge is 0.136 e. The summed E-state index contributed by atoms with van der Waals surface area (Å²) < 4.78 is 13.3. The van der Waals surface area contributed by atoms with E-state index in [1.54, 1.807) is 0 Å². The molecule has 1 saturated heterocycles. The van der Waals surface area contributed by atoms with E-state index >= 15 is 0 Å². The molecule has 1 aliphatic rings. The Morgan fingerprint density at radius 1 is 1.04 bits per heavy atom. The second-order valence-corrected chi connectivity index (χ2v) is 7.62. The Morgan fingerprint density at radius 3 is 2.43 bits per heavy atom. The van der Waals surface area contributed by atoms with E-state index in [0.717, 1.165) is 43.1 Å². The molecule has 1 aromatic carbocycles. The van der Waals surface area contributed by atoms with Crippen molar-refractivity contribution in [1.29, 1.82) is 0 Å². The molecule has 0 amide bonds. The van der Waals surface area contributed by atoms with Crippen molar-refractivity contribution in [2.75, 3.05) is 31.1 Å². The molecule has 146 valence electrons.